The highest BCUT2D eigenvalue weighted by molar-refractivity contribution is 7.92. The molecule has 1 aliphatic rings. The first-order chi connectivity index (χ1) is 18.0. The second kappa shape index (κ2) is 12.9. The third-order valence-electron chi connectivity index (χ3n) is 6.72. The van der Waals surface area contributed by atoms with Gasteiger partial charge in [-0.2, -0.15) is 0 Å². The Morgan fingerprint density at radius 1 is 1.03 bits per heavy atom. The summed E-state index contributed by atoms with van der Waals surface area (Å²) >= 11 is 0. The van der Waals surface area contributed by atoms with Crippen LogP contribution in [-0.4, -0.2) is 64.2 Å². The van der Waals surface area contributed by atoms with Gasteiger partial charge in [0.1, 0.15) is 18.4 Å². The average molecular weight is 550 g/mol. The molecule has 0 radical (unpaired) electrons. The van der Waals surface area contributed by atoms with E-state index in [2.05, 4.69) is 5.32 Å². The van der Waals surface area contributed by atoms with Crippen molar-refractivity contribution in [3.63, 3.8) is 0 Å². The summed E-state index contributed by atoms with van der Waals surface area (Å²) in [5.41, 5.74) is 0.814. The van der Waals surface area contributed by atoms with E-state index >= 15 is 0 Å². The zero-order valence-corrected chi connectivity index (χ0v) is 23.1. The average Bonchev–Trinajstić information content (AvgIpc) is 2.90. The number of methoxy groups -OCH3 is 2. The van der Waals surface area contributed by atoms with Gasteiger partial charge in [-0.25, -0.2) is 12.8 Å². The smallest absolute Gasteiger partial charge is 0.244 e. The van der Waals surface area contributed by atoms with Crippen molar-refractivity contribution in [3.8, 4) is 11.5 Å². The van der Waals surface area contributed by atoms with E-state index in [0.29, 0.717) is 17.1 Å². The second-order valence-corrected chi connectivity index (χ2v) is 11.4. The quantitative estimate of drug-likeness (QED) is 0.460. The van der Waals surface area contributed by atoms with E-state index in [9.17, 15) is 22.4 Å². The summed E-state index contributed by atoms with van der Waals surface area (Å²) in [4.78, 5) is 28.2. The van der Waals surface area contributed by atoms with Crippen molar-refractivity contribution in [1.29, 1.82) is 0 Å². The lowest BCUT2D eigenvalue weighted by atomic mass is 9.95. The topological polar surface area (TPSA) is 105 Å². The number of ether oxygens (including phenoxy) is 2. The number of nitrogens with one attached hydrogen (secondary N) is 1. The molecule has 11 heteroatoms. The molecule has 3 rings (SSSR count). The zero-order chi connectivity index (χ0) is 27.9. The van der Waals surface area contributed by atoms with Crippen molar-refractivity contribution in [2.45, 2.75) is 57.7 Å². The number of sulfonamides is 1. The number of anilines is 1. The van der Waals surface area contributed by atoms with Gasteiger partial charge in [-0.15, -0.1) is 0 Å². The van der Waals surface area contributed by atoms with E-state index in [1.54, 1.807) is 13.0 Å². The first-order valence-electron chi connectivity index (χ1n) is 12.6. The zero-order valence-electron chi connectivity index (χ0n) is 22.3. The number of benzene rings is 2. The highest BCUT2D eigenvalue weighted by Crippen LogP contribution is 2.32. The molecule has 2 amide bonds. The number of halogens is 1. The third-order valence-corrected chi connectivity index (χ3v) is 7.86. The van der Waals surface area contributed by atoms with Gasteiger partial charge in [0.25, 0.3) is 0 Å². The highest BCUT2D eigenvalue weighted by Gasteiger charge is 2.31. The van der Waals surface area contributed by atoms with Crippen LogP contribution in [0.25, 0.3) is 0 Å². The molecule has 9 nitrogen and oxygen atoms in total. The normalized spacial score (nSPS) is 14.9. The number of carbonyl (C=O) groups is 2. The Hall–Kier alpha value is -3.34. The summed E-state index contributed by atoms with van der Waals surface area (Å²) in [6.45, 7) is 1.07. The molecule has 0 unspecified atom stereocenters. The van der Waals surface area contributed by atoms with Gasteiger partial charge in [0.05, 0.1) is 26.2 Å². The van der Waals surface area contributed by atoms with E-state index in [-0.39, 0.29) is 24.2 Å². The van der Waals surface area contributed by atoms with E-state index < -0.39 is 34.3 Å². The lowest BCUT2D eigenvalue weighted by molar-refractivity contribution is -0.139. The van der Waals surface area contributed by atoms with Crippen LogP contribution in [0.5, 0.6) is 11.5 Å². The summed E-state index contributed by atoms with van der Waals surface area (Å²) in [6.07, 6.45) is 5.96. The maximum atomic E-state index is 13.7. The summed E-state index contributed by atoms with van der Waals surface area (Å²) < 4.78 is 50.5. The van der Waals surface area contributed by atoms with Crippen molar-refractivity contribution in [3.05, 3.63) is 53.8 Å². The molecular formula is C27H36FN3O6S. The predicted molar refractivity (Wildman–Crippen MR) is 143 cm³/mol. The van der Waals surface area contributed by atoms with Crippen LogP contribution in [-0.2, 0) is 26.2 Å². The van der Waals surface area contributed by atoms with Gasteiger partial charge in [-0.3, -0.25) is 13.9 Å². The van der Waals surface area contributed by atoms with Crippen molar-refractivity contribution in [1.82, 2.24) is 10.2 Å². The van der Waals surface area contributed by atoms with Gasteiger partial charge in [0.2, 0.25) is 21.8 Å². The minimum Gasteiger partial charge on any atom is -0.493 e. The summed E-state index contributed by atoms with van der Waals surface area (Å²) in [5.74, 6) is -0.618. The van der Waals surface area contributed by atoms with Gasteiger partial charge in [-0.05, 0) is 49.6 Å². The fourth-order valence-electron chi connectivity index (χ4n) is 4.53. The Morgan fingerprint density at radius 2 is 1.66 bits per heavy atom. The Morgan fingerprint density at radius 3 is 2.24 bits per heavy atom. The van der Waals surface area contributed by atoms with Gasteiger partial charge in [-0.1, -0.05) is 31.4 Å². The van der Waals surface area contributed by atoms with Crippen LogP contribution in [0.2, 0.25) is 0 Å². The Labute approximate surface area is 224 Å². The van der Waals surface area contributed by atoms with Crippen molar-refractivity contribution in [2.24, 2.45) is 0 Å². The van der Waals surface area contributed by atoms with Crippen molar-refractivity contribution < 1.29 is 31.9 Å². The summed E-state index contributed by atoms with van der Waals surface area (Å²) in [5, 5.41) is 3.04. The SMILES string of the molecule is COc1ccc(N(CC(=O)N(Cc2ccc(F)cc2)[C@@H](C)C(=O)NC2CCCCC2)S(C)(=O)=O)cc1OC. The molecule has 1 N–H and O–H groups in total. The Balaban J connectivity index is 1.90. The van der Waals surface area contributed by atoms with Gasteiger partial charge in [0, 0.05) is 18.7 Å². The van der Waals surface area contributed by atoms with Crippen LogP contribution < -0.4 is 19.1 Å². The fourth-order valence-corrected chi connectivity index (χ4v) is 5.37. The maximum Gasteiger partial charge on any atom is 0.244 e. The molecule has 0 bridgehead atoms. The van der Waals surface area contributed by atoms with Gasteiger partial charge >= 0.3 is 0 Å². The molecule has 38 heavy (non-hydrogen) atoms. The molecule has 1 saturated carbocycles. The molecule has 0 heterocycles. The van der Waals surface area contributed by atoms with Crippen molar-refractivity contribution >= 4 is 27.5 Å². The lowest BCUT2D eigenvalue weighted by Gasteiger charge is -2.33. The maximum absolute atomic E-state index is 13.7. The summed E-state index contributed by atoms with van der Waals surface area (Å²) in [6, 6.07) is 9.30. The molecule has 0 aliphatic heterocycles. The predicted octanol–water partition coefficient (Wildman–Crippen LogP) is 3.48. The molecule has 2 aromatic rings. The number of hydrogen-bond acceptors (Lipinski definition) is 6. The second-order valence-electron chi connectivity index (χ2n) is 9.48. The van der Waals surface area contributed by atoms with Crippen LogP contribution in [0, 0.1) is 5.82 Å². The van der Waals surface area contributed by atoms with Crippen LogP contribution >= 0.6 is 0 Å². The molecule has 1 atom stereocenters. The number of hydrogen-bond donors (Lipinski definition) is 1. The molecule has 0 spiro atoms. The van der Waals surface area contributed by atoms with E-state index in [1.165, 1.54) is 55.5 Å². The van der Waals surface area contributed by atoms with E-state index in [0.717, 1.165) is 42.7 Å². The number of rotatable bonds is 11. The molecule has 208 valence electrons. The third kappa shape index (κ3) is 7.59. The Bertz CT molecular complexity index is 1220. The fraction of sp³-hybridized carbons (Fsp3) is 0.481. The van der Waals surface area contributed by atoms with Crippen LogP contribution in [0.1, 0.15) is 44.6 Å². The molecule has 0 aromatic heterocycles. The molecule has 2 aromatic carbocycles. The van der Waals surface area contributed by atoms with Gasteiger partial charge < -0.3 is 19.7 Å². The minimum absolute atomic E-state index is 0.00189. The van der Waals surface area contributed by atoms with Crippen LogP contribution in [0.15, 0.2) is 42.5 Å². The standard InChI is InChI=1S/C27H36FN3O6S/c1-19(27(33)29-22-8-6-5-7-9-22)30(17-20-10-12-21(28)13-11-20)26(32)18-31(38(4,34)35)23-14-15-24(36-2)25(16-23)37-3/h10-16,19,22H,5-9,17-18H2,1-4H3,(H,29,33)/t19-/m0/s1. The Kier molecular flexibility index (Phi) is 9.96. The number of amides is 2. The van der Waals surface area contributed by atoms with Crippen molar-refractivity contribution in [2.75, 3.05) is 31.3 Å². The largest absolute Gasteiger partial charge is 0.493 e. The highest BCUT2D eigenvalue weighted by atomic mass is 32.2. The van der Waals surface area contributed by atoms with E-state index in [1.807, 2.05) is 0 Å². The lowest BCUT2D eigenvalue weighted by Crippen LogP contribution is -2.52. The molecule has 1 aliphatic carbocycles. The number of nitrogens with zero attached hydrogens (tertiary/aromatic N) is 2. The van der Waals surface area contributed by atoms with Crippen LogP contribution in [0.3, 0.4) is 0 Å². The molecular weight excluding hydrogens is 513 g/mol. The monoisotopic (exact) mass is 549 g/mol. The van der Waals surface area contributed by atoms with Gasteiger partial charge in [0.15, 0.2) is 11.5 Å². The number of carbonyl (C=O) groups excluding carboxylic acids is 2. The first-order valence-corrected chi connectivity index (χ1v) is 14.4. The van der Waals surface area contributed by atoms with E-state index in [4.69, 9.17) is 9.47 Å². The summed E-state index contributed by atoms with van der Waals surface area (Å²) in [7, 11) is -1.01. The van der Waals surface area contributed by atoms with Crippen LogP contribution in [0.4, 0.5) is 10.1 Å². The minimum atomic E-state index is -3.90. The molecule has 1 fully saturated rings. The molecule has 0 saturated heterocycles. The first kappa shape index (κ1) is 29.2.